The molecule has 1 aliphatic heterocycles. The van der Waals surface area contributed by atoms with E-state index in [1.54, 1.807) is 49.6 Å². The van der Waals surface area contributed by atoms with Crippen LogP contribution in [0.3, 0.4) is 0 Å². The first-order valence-electron chi connectivity index (χ1n) is 8.84. The quantitative estimate of drug-likeness (QED) is 0.455. The first-order chi connectivity index (χ1) is 14.1. The number of hydrogen-bond donors (Lipinski definition) is 0. The highest BCUT2D eigenvalue weighted by Gasteiger charge is 2.28. The Hall–Kier alpha value is -2.95. The minimum atomic E-state index is -0.229. The van der Waals surface area contributed by atoms with Crippen molar-refractivity contribution in [2.75, 3.05) is 7.11 Å². The fourth-order valence-corrected chi connectivity index (χ4v) is 3.53. The normalized spacial score (nSPS) is 13.9. The van der Waals surface area contributed by atoms with Crippen LogP contribution < -0.4 is 14.2 Å². The standard InChI is InChI=1S/C23H16Cl2O4/c1-27-20-8-3-2-5-14(20)13-28-15-9-10-16-21(11-15)29-22(23(16)26)12-17-18(24)6-4-7-19(17)25/h2-12H,13H2,1H3/b22-12-. The zero-order chi connectivity index (χ0) is 20.4. The summed E-state index contributed by atoms with van der Waals surface area (Å²) in [4.78, 5) is 12.7. The largest absolute Gasteiger partial charge is 0.496 e. The molecule has 4 rings (SSSR count). The van der Waals surface area contributed by atoms with Gasteiger partial charge < -0.3 is 14.2 Å². The van der Waals surface area contributed by atoms with Crippen LogP contribution in [0.1, 0.15) is 21.5 Å². The lowest BCUT2D eigenvalue weighted by Crippen LogP contribution is -1.99. The van der Waals surface area contributed by atoms with Crippen LogP contribution in [0.2, 0.25) is 10.0 Å². The van der Waals surface area contributed by atoms with Crippen LogP contribution in [0.4, 0.5) is 0 Å². The number of hydrogen-bond acceptors (Lipinski definition) is 4. The Morgan fingerprint density at radius 2 is 1.76 bits per heavy atom. The third-order valence-electron chi connectivity index (χ3n) is 4.50. The second kappa shape index (κ2) is 8.19. The smallest absolute Gasteiger partial charge is 0.231 e. The highest BCUT2D eigenvalue weighted by molar-refractivity contribution is 6.37. The van der Waals surface area contributed by atoms with Gasteiger partial charge in [0, 0.05) is 27.2 Å². The topological polar surface area (TPSA) is 44.8 Å². The van der Waals surface area contributed by atoms with Gasteiger partial charge >= 0.3 is 0 Å². The molecule has 0 saturated carbocycles. The molecule has 0 N–H and O–H groups in total. The molecule has 3 aromatic carbocycles. The first-order valence-corrected chi connectivity index (χ1v) is 9.59. The number of carbonyl (C=O) groups excluding carboxylic acids is 1. The number of benzene rings is 3. The second-order valence-corrected chi connectivity index (χ2v) is 7.15. The van der Waals surface area contributed by atoms with E-state index in [4.69, 9.17) is 37.4 Å². The zero-order valence-electron chi connectivity index (χ0n) is 15.4. The van der Waals surface area contributed by atoms with E-state index in [1.165, 1.54) is 0 Å². The Balaban J connectivity index is 1.55. The Morgan fingerprint density at radius 3 is 2.52 bits per heavy atom. The maximum atomic E-state index is 12.7. The van der Waals surface area contributed by atoms with Crippen LogP contribution in [0.25, 0.3) is 6.08 Å². The van der Waals surface area contributed by atoms with Crippen LogP contribution >= 0.6 is 23.2 Å². The number of ether oxygens (including phenoxy) is 3. The van der Waals surface area contributed by atoms with Crippen molar-refractivity contribution in [3.63, 3.8) is 0 Å². The molecule has 3 aromatic rings. The van der Waals surface area contributed by atoms with Crippen LogP contribution in [0, 0.1) is 0 Å². The van der Waals surface area contributed by atoms with Crippen LogP contribution in [0.15, 0.2) is 66.4 Å². The molecule has 0 saturated heterocycles. The average molecular weight is 427 g/mol. The summed E-state index contributed by atoms with van der Waals surface area (Å²) in [7, 11) is 1.62. The minimum absolute atomic E-state index is 0.164. The summed E-state index contributed by atoms with van der Waals surface area (Å²) in [5, 5.41) is 0.886. The van der Waals surface area contributed by atoms with E-state index >= 15 is 0 Å². The van der Waals surface area contributed by atoms with Crippen molar-refractivity contribution >= 4 is 35.1 Å². The van der Waals surface area contributed by atoms with Gasteiger partial charge in [-0.1, -0.05) is 47.5 Å². The van der Waals surface area contributed by atoms with Gasteiger partial charge in [0.05, 0.1) is 12.7 Å². The molecule has 4 nitrogen and oxygen atoms in total. The predicted molar refractivity (Wildman–Crippen MR) is 113 cm³/mol. The van der Waals surface area contributed by atoms with Gasteiger partial charge in [0.2, 0.25) is 5.78 Å². The number of ketones is 1. The van der Waals surface area contributed by atoms with Gasteiger partial charge in [-0.2, -0.15) is 0 Å². The van der Waals surface area contributed by atoms with E-state index in [0.29, 0.717) is 39.3 Å². The van der Waals surface area contributed by atoms with E-state index in [9.17, 15) is 4.79 Å². The molecular weight excluding hydrogens is 411 g/mol. The molecular formula is C23H16Cl2O4. The summed E-state index contributed by atoms with van der Waals surface area (Å²) in [6, 6.07) is 17.9. The van der Waals surface area contributed by atoms with Crippen molar-refractivity contribution in [1.29, 1.82) is 0 Å². The van der Waals surface area contributed by atoms with E-state index in [2.05, 4.69) is 0 Å². The fourth-order valence-electron chi connectivity index (χ4n) is 3.02. The van der Waals surface area contributed by atoms with Gasteiger partial charge in [0.15, 0.2) is 5.76 Å². The Labute approximate surface area is 178 Å². The Kier molecular flexibility index (Phi) is 5.47. The molecule has 0 aliphatic carbocycles. The molecule has 29 heavy (non-hydrogen) atoms. The van der Waals surface area contributed by atoms with Crippen molar-refractivity contribution in [2.45, 2.75) is 6.61 Å². The summed E-state index contributed by atoms with van der Waals surface area (Å²) in [6.45, 7) is 0.328. The van der Waals surface area contributed by atoms with E-state index in [1.807, 2.05) is 24.3 Å². The number of para-hydroxylation sites is 1. The van der Waals surface area contributed by atoms with Crippen LogP contribution in [0.5, 0.6) is 17.2 Å². The van der Waals surface area contributed by atoms with Crippen molar-refractivity contribution in [3.05, 3.63) is 93.2 Å². The lowest BCUT2D eigenvalue weighted by Gasteiger charge is -2.10. The third-order valence-corrected chi connectivity index (χ3v) is 5.16. The molecule has 6 heteroatoms. The molecule has 0 amide bonds. The minimum Gasteiger partial charge on any atom is -0.496 e. The number of halogens is 2. The fraction of sp³-hybridized carbons (Fsp3) is 0.0870. The number of rotatable bonds is 5. The summed E-state index contributed by atoms with van der Waals surface area (Å²) < 4.78 is 16.9. The molecule has 1 heterocycles. The molecule has 0 bridgehead atoms. The molecule has 0 unspecified atom stereocenters. The van der Waals surface area contributed by atoms with E-state index < -0.39 is 0 Å². The molecule has 0 radical (unpaired) electrons. The lowest BCUT2D eigenvalue weighted by atomic mass is 10.1. The van der Waals surface area contributed by atoms with Crippen molar-refractivity contribution in [1.82, 2.24) is 0 Å². The van der Waals surface area contributed by atoms with Gasteiger partial charge in [0.1, 0.15) is 23.9 Å². The monoisotopic (exact) mass is 426 g/mol. The average Bonchev–Trinajstić information content (AvgIpc) is 3.04. The molecule has 0 atom stereocenters. The highest BCUT2D eigenvalue weighted by atomic mass is 35.5. The number of carbonyl (C=O) groups is 1. The summed E-state index contributed by atoms with van der Waals surface area (Å²) in [6.07, 6.45) is 1.56. The van der Waals surface area contributed by atoms with Gasteiger partial charge in [0.25, 0.3) is 0 Å². The number of methoxy groups -OCH3 is 1. The maximum Gasteiger partial charge on any atom is 0.231 e. The molecule has 0 spiro atoms. The van der Waals surface area contributed by atoms with Gasteiger partial charge in [-0.3, -0.25) is 4.79 Å². The summed E-state index contributed by atoms with van der Waals surface area (Å²) >= 11 is 12.4. The van der Waals surface area contributed by atoms with Gasteiger partial charge in [-0.05, 0) is 36.4 Å². The zero-order valence-corrected chi connectivity index (χ0v) is 17.0. The Bertz CT molecular complexity index is 1100. The van der Waals surface area contributed by atoms with Crippen molar-refractivity contribution < 1.29 is 19.0 Å². The molecule has 0 aromatic heterocycles. The maximum absolute atomic E-state index is 12.7. The second-order valence-electron chi connectivity index (χ2n) is 6.33. The number of fused-ring (bicyclic) bond motifs is 1. The third kappa shape index (κ3) is 3.95. The molecule has 146 valence electrons. The van der Waals surface area contributed by atoms with Crippen molar-refractivity contribution in [3.8, 4) is 17.2 Å². The first kappa shape index (κ1) is 19.4. The summed E-state index contributed by atoms with van der Waals surface area (Å²) in [5.74, 6) is 1.70. The Morgan fingerprint density at radius 1 is 1.00 bits per heavy atom. The molecule has 0 fully saturated rings. The van der Waals surface area contributed by atoms with Gasteiger partial charge in [-0.25, -0.2) is 0 Å². The van der Waals surface area contributed by atoms with Crippen molar-refractivity contribution in [2.24, 2.45) is 0 Å². The van der Waals surface area contributed by atoms with Crippen LogP contribution in [-0.4, -0.2) is 12.9 Å². The summed E-state index contributed by atoms with van der Waals surface area (Å²) in [5.41, 5.74) is 1.92. The van der Waals surface area contributed by atoms with Gasteiger partial charge in [-0.15, -0.1) is 0 Å². The lowest BCUT2D eigenvalue weighted by molar-refractivity contribution is 0.101. The van der Waals surface area contributed by atoms with E-state index in [-0.39, 0.29) is 11.5 Å². The molecule has 1 aliphatic rings. The number of Topliss-reactive ketones (excluding diaryl/α,β-unsaturated/α-hetero) is 1. The van der Waals surface area contributed by atoms with Crippen LogP contribution in [-0.2, 0) is 6.61 Å². The SMILES string of the molecule is COc1ccccc1COc1ccc2c(c1)O/C(=C\c1c(Cl)cccc1Cl)C2=O. The number of allylic oxidation sites excluding steroid dienone is 1. The predicted octanol–water partition coefficient (Wildman–Crippen LogP) is 6.20. The highest BCUT2D eigenvalue weighted by Crippen LogP contribution is 2.37. The van der Waals surface area contributed by atoms with E-state index in [0.717, 1.165) is 11.3 Å².